The highest BCUT2D eigenvalue weighted by Gasteiger charge is 2.50. The van der Waals surface area contributed by atoms with Crippen LogP contribution in [0.3, 0.4) is 0 Å². The van der Waals surface area contributed by atoms with Gasteiger partial charge in [-0.15, -0.1) is 5.10 Å². The van der Waals surface area contributed by atoms with Crippen molar-refractivity contribution in [3.05, 3.63) is 18.3 Å². The number of hydrogen-bond acceptors (Lipinski definition) is 8. The third kappa shape index (κ3) is 3.34. The lowest BCUT2D eigenvalue weighted by Gasteiger charge is -2.53. The molecule has 0 atom stereocenters. The zero-order valence-electron chi connectivity index (χ0n) is 14.1. The molecular weight excluding hydrogens is 326 g/mol. The Bertz CT molecular complexity index is 718. The van der Waals surface area contributed by atoms with Crippen molar-refractivity contribution in [1.29, 1.82) is 0 Å². The number of ether oxygens (including phenoxy) is 1. The molecule has 1 amide bonds. The van der Waals surface area contributed by atoms with Crippen molar-refractivity contribution in [3.63, 3.8) is 0 Å². The number of nitrogens with zero attached hydrogens (tertiary/aromatic N) is 5. The first-order chi connectivity index (χ1) is 12.1. The van der Waals surface area contributed by atoms with Crippen LogP contribution >= 0.6 is 0 Å². The Hall–Kier alpha value is -2.49. The van der Waals surface area contributed by atoms with Gasteiger partial charge in [-0.25, -0.2) is 0 Å². The number of hydrogen-bond donors (Lipinski definition) is 2. The summed E-state index contributed by atoms with van der Waals surface area (Å²) in [5.41, 5.74) is -0.453. The van der Waals surface area contributed by atoms with Gasteiger partial charge in [0.1, 0.15) is 6.54 Å². The predicted molar refractivity (Wildman–Crippen MR) is 85.6 cm³/mol. The summed E-state index contributed by atoms with van der Waals surface area (Å²) < 4.78 is 11.6. The van der Waals surface area contributed by atoms with Crippen LogP contribution in [0.1, 0.15) is 31.6 Å². The summed E-state index contributed by atoms with van der Waals surface area (Å²) in [6.45, 7) is 2.94. The Balaban J connectivity index is 1.30. The fourth-order valence-corrected chi connectivity index (χ4v) is 3.50. The van der Waals surface area contributed by atoms with E-state index >= 15 is 0 Å². The fraction of sp³-hybridized carbons (Fsp3) is 0.667. The average molecular weight is 347 g/mol. The summed E-state index contributed by atoms with van der Waals surface area (Å²) in [6.07, 6.45) is 6.71. The molecule has 0 radical (unpaired) electrons. The molecule has 2 aliphatic heterocycles. The highest BCUT2D eigenvalue weighted by molar-refractivity contribution is 5.75. The van der Waals surface area contributed by atoms with Crippen molar-refractivity contribution in [2.24, 2.45) is 0 Å². The molecule has 10 nitrogen and oxygen atoms in total. The maximum absolute atomic E-state index is 12.0. The molecule has 1 saturated carbocycles. The summed E-state index contributed by atoms with van der Waals surface area (Å²) in [5, 5.41) is 22.0. The van der Waals surface area contributed by atoms with E-state index < -0.39 is 0 Å². The molecule has 2 aromatic rings. The minimum Gasteiger partial charge on any atom is -0.408 e. The molecule has 134 valence electrons. The van der Waals surface area contributed by atoms with Gasteiger partial charge in [-0.05, 0) is 25.7 Å². The minimum absolute atomic E-state index is 0.115. The van der Waals surface area contributed by atoms with Crippen LogP contribution in [0, 0.1) is 6.92 Å². The molecule has 0 aromatic carbocycles. The number of amides is 1. The maximum atomic E-state index is 12.0. The van der Waals surface area contributed by atoms with Crippen LogP contribution in [0.15, 0.2) is 16.8 Å². The highest BCUT2D eigenvalue weighted by Crippen LogP contribution is 2.44. The number of fused-ring (bicyclic) bond motifs is 3. The van der Waals surface area contributed by atoms with Gasteiger partial charge in [-0.2, -0.15) is 15.0 Å². The van der Waals surface area contributed by atoms with Gasteiger partial charge in [0.25, 0.3) is 0 Å². The molecule has 2 aromatic heterocycles. The van der Waals surface area contributed by atoms with E-state index in [1.165, 1.54) is 4.80 Å². The second-order valence-corrected chi connectivity index (χ2v) is 6.84. The quantitative estimate of drug-likeness (QED) is 0.764. The number of aromatic nitrogens is 5. The summed E-state index contributed by atoms with van der Waals surface area (Å²) in [6, 6.07) is 0.440. The zero-order valence-corrected chi connectivity index (χ0v) is 14.1. The minimum atomic E-state index is -0.290. The van der Waals surface area contributed by atoms with Crippen molar-refractivity contribution in [2.45, 2.75) is 50.3 Å². The third-order valence-corrected chi connectivity index (χ3v) is 5.03. The molecule has 0 spiro atoms. The molecule has 4 heterocycles. The van der Waals surface area contributed by atoms with E-state index in [0.29, 0.717) is 25.1 Å². The third-order valence-electron chi connectivity index (χ3n) is 5.03. The molecule has 25 heavy (non-hydrogen) atoms. The first kappa shape index (κ1) is 16.0. The van der Waals surface area contributed by atoms with Crippen LogP contribution in [0.5, 0.6) is 0 Å². The van der Waals surface area contributed by atoms with E-state index in [4.69, 9.17) is 9.15 Å². The molecule has 3 aliphatic rings. The molecule has 3 fully saturated rings. The highest BCUT2D eigenvalue weighted by atomic mass is 16.5. The van der Waals surface area contributed by atoms with Gasteiger partial charge in [-0.3, -0.25) is 4.79 Å². The molecule has 2 saturated heterocycles. The van der Waals surface area contributed by atoms with Crippen molar-refractivity contribution in [1.82, 2.24) is 30.5 Å². The lowest BCUT2D eigenvalue weighted by atomic mass is 9.71. The number of anilines is 1. The van der Waals surface area contributed by atoms with Crippen molar-refractivity contribution in [2.75, 3.05) is 18.5 Å². The Morgan fingerprint density at radius 1 is 1.24 bits per heavy atom. The van der Waals surface area contributed by atoms with Crippen LogP contribution in [0.4, 0.5) is 6.01 Å². The summed E-state index contributed by atoms with van der Waals surface area (Å²) in [5.74, 6) is 0.422. The van der Waals surface area contributed by atoms with Gasteiger partial charge in [0, 0.05) is 13.5 Å². The molecule has 0 unspecified atom stereocenters. The average Bonchev–Trinajstić information content (AvgIpc) is 3.27. The van der Waals surface area contributed by atoms with Crippen molar-refractivity contribution >= 4 is 11.9 Å². The van der Waals surface area contributed by atoms with Crippen LogP contribution in [-0.2, 0) is 16.1 Å². The van der Waals surface area contributed by atoms with Gasteiger partial charge >= 0.3 is 6.01 Å². The first-order valence-corrected chi connectivity index (χ1v) is 8.40. The summed E-state index contributed by atoms with van der Waals surface area (Å²) >= 11 is 0. The van der Waals surface area contributed by atoms with E-state index in [1.807, 2.05) is 0 Å². The topological polar surface area (TPSA) is 120 Å². The monoisotopic (exact) mass is 347 g/mol. The maximum Gasteiger partial charge on any atom is 0.315 e. The number of rotatable bonds is 6. The van der Waals surface area contributed by atoms with E-state index in [1.54, 1.807) is 19.3 Å². The number of nitrogens with one attached hydrogen (secondary N) is 2. The normalized spacial score (nSPS) is 28.0. The van der Waals surface area contributed by atoms with Crippen LogP contribution in [0.25, 0.3) is 0 Å². The van der Waals surface area contributed by atoms with E-state index in [9.17, 15) is 4.79 Å². The predicted octanol–water partition coefficient (Wildman–Crippen LogP) is 0.280. The number of carbonyl (C=O) groups excluding carboxylic acids is 1. The van der Waals surface area contributed by atoms with Gasteiger partial charge in [0.2, 0.25) is 11.8 Å². The standard InChI is InChI=1S/C15H21N7O3/c1-11-20-21-13(25-11)19-14-2-4-15(5-3-14,24-10-14)9-16-12(23)8-22-17-6-7-18-22/h6-7H,2-5,8-10H2,1H3,(H,16,23)(H,19,21). The smallest absolute Gasteiger partial charge is 0.315 e. The largest absolute Gasteiger partial charge is 0.408 e. The molecule has 2 N–H and O–H groups in total. The van der Waals surface area contributed by atoms with Crippen molar-refractivity contribution in [3.8, 4) is 0 Å². The van der Waals surface area contributed by atoms with Gasteiger partial charge in [0.05, 0.1) is 30.1 Å². The number of carbonyl (C=O) groups is 1. The lowest BCUT2D eigenvalue weighted by Crippen LogP contribution is -2.62. The Morgan fingerprint density at radius 3 is 2.60 bits per heavy atom. The van der Waals surface area contributed by atoms with Crippen LogP contribution in [-0.4, -0.2) is 55.4 Å². The second-order valence-electron chi connectivity index (χ2n) is 6.84. The first-order valence-electron chi connectivity index (χ1n) is 8.40. The van der Waals surface area contributed by atoms with Gasteiger partial charge < -0.3 is 19.8 Å². The molecule has 2 bridgehead atoms. The molecule has 10 heteroatoms. The Morgan fingerprint density at radius 2 is 2.00 bits per heavy atom. The summed E-state index contributed by atoms with van der Waals surface area (Å²) in [7, 11) is 0. The Kier molecular flexibility index (Phi) is 3.91. The van der Waals surface area contributed by atoms with E-state index in [0.717, 1.165) is 25.7 Å². The van der Waals surface area contributed by atoms with Gasteiger partial charge in [-0.1, -0.05) is 5.10 Å². The summed E-state index contributed by atoms with van der Waals surface area (Å²) in [4.78, 5) is 13.4. The van der Waals surface area contributed by atoms with Gasteiger partial charge in [0.15, 0.2) is 0 Å². The molecular formula is C15H21N7O3. The SMILES string of the molecule is Cc1nnc(NC23CCC(CNC(=O)Cn4nccn4)(CC2)OC3)o1. The zero-order chi connectivity index (χ0) is 17.3. The second kappa shape index (κ2) is 6.10. The van der Waals surface area contributed by atoms with E-state index in [-0.39, 0.29) is 23.6 Å². The molecule has 1 aliphatic carbocycles. The molecule has 5 rings (SSSR count). The number of aryl methyl sites for hydroxylation is 1. The fourth-order valence-electron chi connectivity index (χ4n) is 3.50. The Labute approximate surface area is 144 Å². The van der Waals surface area contributed by atoms with E-state index in [2.05, 4.69) is 31.0 Å². The lowest BCUT2D eigenvalue weighted by molar-refractivity contribution is -0.149. The van der Waals surface area contributed by atoms with Crippen LogP contribution < -0.4 is 10.6 Å². The van der Waals surface area contributed by atoms with Crippen LogP contribution in [0.2, 0.25) is 0 Å². The van der Waals surface area contributed by atoms with Crippen molar-refractivity contribution < 1.29 is 13.9 Å².